The first-order chi connectivity index (χ1) is 12.1. The molecule has 1 fully saturated rings. The van der Waals surface area contributed by atoms with Gasteiger partial charge in [-0.05, 0) is 55.5 Å². The van der Waals surface area contributed by atoms with Gasteiger partial charge in [-0.3, -0.25) is 9.48 Å². The molecule has 0 radical (unpaired) electrons. The maximum absolute atomic E-state index is 12.7. The van der Waals surface area contributed by atoms with E-state index in [-0.39, 0.29) is 5.91 Å². The molecular formula is C20H22N4O. The van der Waals surface area contributed by atoms with Crippen LogP contribution in [-0.2, 0) is 13.6 Å². The summed E-state index contributed by atoms with van der Waals surface area (Å²) in [5, 5.41) is 7.26. The molecule has 128 valence electrons. The minimum atomic E-state index is -0.0451. The zero-order valence-electron chi connectivity index (χ0n) is 14.6. The Labute approximate surface area is 147 Å². The highest BCUT2D eigenvalue weighted by Crippen LogP contribution is 2.41. The summed E-state index contributed by atoms with van der Waals surface area (Å²) in [7, 11) is 2.05. The normalized spacial score (nSPS) is 13.8. The monoisotopic (exact) mass is 334 g/mol. The van der Waals surface area contributed by atoms with Crippen LogP contribution in [0.2, 0.25) is 0 Å². The first kappa shape index (κ1) is 15.7. The molecule has 2 aromatic heterocycles. The average Bonchev–Trinajstić information content (AvgIpc) is 3.23. The van der Waals surface area contributed by atoms with Crippen molar-refractivity contribution in [1.82, 2.24) is 14.3 Å². The fraction of sp³-hybridized carbons (Fsp3) is 0.300. The lowest BCUT2D eigenvalue weighted by Gasteiger charge is -2.08. The third-order valence-electron chi connectivity index (χ3n) is 4.90. The number of benzene rings is 1. The summed E-state index contributed by atoms with van der Waals surface area (Å²) in [5.74, 6) is 0.582. The number of anilines is 1. The van der Waals surface area contributed by atoms with Gasteiger partial charge in [-0.15, -0.1) is 0 Å². The van der Waals surface area contributed by atoms with Gasteiger partial charge in [0.2, 0.25) is 0 Å². The van der Waals surface area contributed by atoms with E-state index in [1.807, 2.05) is 55.2 Å². The summed E-state index contributed by atoms with van der Waals surface area (Å²) in [6.07, 6.45) is 6.15. The van der Waals surface area contributed by atoms with Gasteiger partial charge in [0.05, 0.1) is 12.1 Å². The predicted octanol–water partition coefficient (Wildman–Crippen LogP) is 3.71. The quantitative estimate of drug-likeness (QED) is 0.773. The molecule has 0 saturated heterocycles. The van der Waals surface area contributed by atoms with Gasteiger partial charge in [0.1, 0.15) is 0 Å². The first-order valence-electron chi connectivity index (χ1n) is 8.66. The zero-order valence-corrected chi connectivity index (χ0v) is 14.6. The molecule has 0 unspecified atom stereocenters. The Morgan fingerprint density at radius 1 is 1.28 bits per heavy atom. The third-order valence-corrected chi connectivity index (χ3v) is 4.90. The standard InChI is InChI=1S/C20H22N4O/c1-14-18(12-19(23(14)2)16-7-8-16)20(25)22-17-6-3-5-15(11-17)13-24-10-4-9-21-24/h3-6,9-12,16H,7-8,13H2,1-2H3,(H,22,25). The molecule has 0 bridgehead atoms. The fourth-order valence-corrected chi connectivity index (χ4v) is 3.25. The van der Waals surface area contributed by atoms with Crippen molar-refractivity contribution in [1.29, 1.82) is 0 Å². The zero-order chi connectivity index (χ0) is 17.4. The van der Waals surface area contributed by atoms with Crippen LogP contribution in [-0.4, -0.2) is 20.3 Å². The molecule has 1 N–H and O–H groups in total. The van der Waals surface area contributed by atoms with Gasteiger partial charge in [0.15, 0.2) is 0 Å². The Kier molecular flexibility index (Phi) is 3.92. The predicted molar refractivity (Wildman–Crippen MR) is 97.8 cm³/mol. The number of nitrogens with one attached hydrogen (secondary N) is 1. The van der Waals surface area contributed by atoms with Gasteiger partial charge in [-0.25, -0.2) is 0 Å². The second-order valence-corrected chi connectivity index (χ2v) is 6.76. The topological polar surface area (TPSA) is 51.9 Å². The summed E-state index contributed by atoms with van der Waals surface area (Å²) in [5.41, 5.74) is 4.97. The number of nitrogens with zero attached hydrogens (tertiary/aromatic N) is 3. The van der Waals surface area contributed by atoms with E-state index in [0.717, 1.165) is 22.5 Å². The second kappa shape index (κ2) is 6.24. The smallest absolute Gasteiger partial charge is 0.257 e. The number of carbonyl (C=O) groups is 1. The Balaban J connectivity index is 1.52. The lowest BCUT2D eigenvalue weighted by molar-refractivity contribution is 0.102. The molecule has 1 aliphatic rings. The van der Waals surface area contributed by atoms with Gasteiger partial charge < -0.3 is 9.88 Å². The highest BCUT2D eigenvalue weighted by molar-refractivity contribution is 6.05. The van der Waals surface area contributed by atoms with Gasteiger partial charge in [-0.2, -0.15) is 5.10 Å². The number of rotatable bonds is 5. The van der Waals surface area contributed by atoms with Crippen LogP contribution in [0.1, 0.15) is 46.1 Å². The molecule has 1 amide bonds. The SMILES string of the molecule is Cc1c(C(=O)Nc2cccc(Cn3cccn3)c2)cc(C2CC2)n1C. The van der Waals surface area contributed by atoms with Gasteiger partial charge >= 0.3 is 0 Å². The number of carbonyl (C=O) groups excluding carboxylic acids is 1. The molecule has 5 nitrogen and oxygen atoms in total. The largest absolute Gasteiger partial charge is 0.351 e. The van der Waals surface area contributed by atoms with Crippen LogP contribution in [0.15, 0.2) is 48.8 Å². The molecule has 0 spiro atoms. The number of amides is 1. The van der Waals surface area contributed by atoms with E-state index in [2.05, 4.69) is 21.0 Å². The fourth-order valence-electron chi connectivity index (χ4n) is 3.25. The molecule has 2 heterocycles. The van der Waals surface area contributed by atoms with Crippen molar-refractivity contribution in [3.8, 4) is 0 Å². The van der Waals surface area contributed by atoms with Crippen molar-refractivity contribution in [3.05, 3.63) is 71.3 Å². The minimum absolute atomic E-state index is 0.0451. The van der Waals surface area contributed by atoms with Crippen molar-refractivity contribution in [3.63, 3.8) is 0 Å². The highest BCUT2D eigenvalue weighted by atomic mass is 16.1. The molecular weight excluding hydrogens is 312 g/mol. The van der Waals surface area contributed by atoms with Crippen molar-refractivity contribution in [2.24, 2.45) is 7.05 Å². The van der Waals surface area contributed by atoms with E-state index in [0.29, 0.717) is 12.5 Å². The van der Waals surface area contributed by atoms with E-state index < -0.39 is 0 Å². The van der Waals surface area contributed by atoms with E-state index in [1.165, 1.54) is 18.5 Å². The summed E-state index contributed by atoms with van der Waals surface area (Å²) in [4.78, 5) is 12.7. The first-order valence-corrected chi connectivity index (χ1v) is 8.66. The van der Waals surface area contributed by atoms with Crippen molar-refractivity contribution < 1.29 is 4.79 Å². The van der Waals surface area contributed by atoms with E-state index >= 15 is 0 Å². The number of hydrogen-bond acceptors (Lipinski definition) is 2. The molecule has 0 atom stereocenters. The summed E-state index contributed by atoms with van der Waals surface area (Å²) in [6.45, 7) is 2.70. The lowest BCUT2D eigenvalue weighted by atomic mass is 10.1. The average molecular weight is 334 g/mol. The third kappa shape index (κ3) is 3.22. The summed E-state index contributed by atoms with van der Waals surface area (Å²) < 4.78 is 4.02. The van der Waals surface area contributed by atoms with Crippen molar-refractivity contribution >= 4 is 11.6 Å². The van der Waals surface area contributed by atoms with Crippen LogP contribution in [0.25, 0.3) is 0 Å². The molecule has 1 aromatic carbocycles. The lowest BCUT2D eigenvalue weighted by Crippen LogP contribution is -2.13. The number of hydrogen-bond donors (Lipinski definition) is 1. The van der Waals surface area contributed by atoms with Crippen LogP contribution in [0.3, 0.4) is 0 Å². The summed E-state index contributed by atoms with van der Waals surface area (Å²) >= 11 is 0. The van der Waals surface area contributed by atoms with Crippen molar-refractivity contribution in [2.75, 3.05) is 5.32 Å². The molecule has 3 aromatic rings. The van der Waals surface area contributed by atoms with Gasteiger partial charge in [0, 0.05) is 36.5 Å². The summed E-state index contributed by atoms with van der Waals surface area (Å²) in [6, 6.07) is 11.9. The Hall–Kier alpha value is -2.82. The Morgan fingerprint density at radius 3 is 2.84 bits per heavy atom. The molecule has 0 aliphatic heterocycles. The number of aromatic nitrogens is 3. The van der Waals surface area contributed by atoms with Crippen LogP contribution in [0, 0.1) is 6.92 Å². The van der Waals surface area contributed by atoms with E-state index in [4.69, 9.17) is 0 Å². The molecule has 5 heteroatoms. The molecule has 4 rings (SSSR count). The minimum Gasteiger partial charge on any atom is -0.351 e. The Morgan fingerprint density at radius 2 is 2.12 bits per heavy atom. The second-order valence-electron chi connectivity index (χ2n) is 6.76. The van der Waals surface area contributed by atoms with E-state index in [9.17, 15) is 4.79 Å². The van der Waals surface area contributed by atoms with Crippen LogP contribution < -0.4 is 5.32 Å². The van der Waals surface area contributed by atoms with E-state index in [1.54, 1.807) is 6.20 Å². The van der Waals surface area contributed by atoms with Crippen molar-refractivity contribution in [2.45, 2.75) is 32.2 Å². The molecule has 1 aliphatic carbocycles. The van der Waals surface area contributed by atoms with Crippen LogP contribution >= 0.6 is 0 Å². The maximum Gasteiger partial charge on any atom is 0.257 e. The highest BCUT2D eigenvalue weighted by Gasteiger charge is 2.28. The van der Waals surface area contributed by atoms with Gasteiger partial charge in [-0.1, -0.05) is 12.1 Å². The van der Waals surface area contributed by atoms with Gasteiger partial charge in [0.25, 0.3) is 5.91 Å². The van der Waals surface area contributed by atoms with Crippen LogP contribution in [0.4, 0.5) is 5.69 Å². The molecule has 1 saturated carbocycles. The van der Waals surface area contributed by atoms with Crippen LogP contribution in [0.5, 0.6) is 0 Å². The molecule has 25 heavy (non-hydrogen) atoms. The Bertz CT molecular complexity index is 904. The maximum atomic E-state index is 12.7.